The van der Waals surface area contributed by atoms with Crippen LogP contribution in [-0.2, 0) is 4.79 Å². The SMILES string of the molecule is O=C(CNC(=O)c1ccc(Cl)c(Cl)c1)N/N=C\c1cccc([N+](=O)[O-])c1. The molecule has 2 N–H and O–H groups in total. The van der Waals surface area contributed by atoms with Crippen LogP contribution in [0.5, 0.6) is 0 Å². The topological polar surface area (TPSA) is 114 Å². The minimum atomic E-state index is -0.569. The summed E-state index contributed by atoms with van der Waals surface area (Å²) in [5.74, 6) is -1.07. The van der Waals surface area contributed by atoms with Crippen LogP contribution >= 0.6 is 23.2 Å². The molecule has 0 heterocycles. The van der Waals surface area contributed by atoms with Gasteiger partial charge in [-0.15, -0.1) is 0 Å². The molecule has 0 unspecified atom stereocenters. The molecule has 2 amide bonds. The summed E-state index contributed by atoms with van der Waals surface area (Å²) in [6.45, 7) is -0.314. The van der Waals surface area contributed by atoms with Gasteiger partial charge in [-0.25, -0.2) is 5.43 Å². The summed E-state index contributed by atoms with van der Waals surface area (Å²) in [6, 6.07) is 10.1. The normalized spacial score (nSPS) is 10.5. The summed E-state index contributed by atoms with van der Waals surface area (Å²) >= 11 is 11.6. The number of non-ortho nitro benzene ring substituents is 1. The van der Waals surface area contributed by atoms with Gasteiger partial charge in [0.1, 0.15) is 0 Å². The third-order valence-corrected chi connectivity index (χ3v) is 3.81. The van der Waals surface area contributed by atoms with E-state index in [0.717, 1.165) is 0 Å². The van der Waals surface area contributed by atoms with Gasteiger partial charge in [-0.1, -0.05) is 35.3 Å². The van der Waals surface area contributed by atoms with Gasteiger partial charge in [0.25, 0.3) is 17.5 Å². The fourth-order valence-electron chi connectivity index (χ4n) is 1.84. The Kier molecular flexibility index (Phi) is 6.65. The van der Waals surface area contributed by atoms with Crippen LogP contribution in [0, 0.1) is 10.1 Å². The second kappa shape index (κ2) is 8.93. The minimum Gasteiger partial charge on any atom is -0.343 e. The number of halogens is 2. The molecule has 0 fully saturated rings. The molecule has 2 aromatic carbocycles. The summed E-state index contributed by atoms with van der Waals surface area (Å²) in [4.78, 5) is 33.7. The van der Waals surface area contributed by atoms with Crippen LogP contribution in [0.4, 0.5) is 5.69 Å². The van der Waals surface area contributed by atoms with Crippen LogP contribution in [0.1, 0.15) is 15.9 Å². The molecule has 0 aliphatic rings. The molecule has 2 aromatic rings. The fraction of sp³-hybridized carbons (Fsp3) is 0.0625. The van der Waals surface area contributed by atoms with Gasteiger partial charge in [-0.05, 0) is 18.2 Å². The molecule has 0 spiro atoms. The van der Waals surface area contributed by atoms with Crippen molar-refractivity contribution >= 4 is 46.9 Å². The van der Waals surface area contributed by atoms with E-state index in [-0.39, 0.29) is 22.8 Å². The monoisotopic (exact) mass is 394 g/mol. The first-order valence-electron chi connectivity index (χ1n) is 7.16. The Morgan fingerprint density at radius 2 is 1.92 bits per heavy atom. The molecule has 0 aromatic heterocycles. The maximum Gasteiger partial charge on any atom is 0.270 e. The summed E-state index contributed by atoms with van der Waals surface area (Å²) in [7, 11) is 0. The number of benzene rings is 2. The molecule has 0 aliphatic heterocycles. The van der Waals surface area contributed by atoms with E-state index in [9.17, 15) is 19.7 Å². The van der Waals surface area contributed by atoms with Crippen molar-refractivity contribution in [3.63, 3.8) is 0 Å². The molecule has 0 saturated carbocycles. The van der Waals surface area contributed by atoms with Crippen LogP contribution in [0.15, 0.2) is 47.6 Å². The highest BCUT2D eigenvalue weighted by molar-refractivity contribution is 6.42. The largest absolute Gasteiger partial charge is 0.343 e. The smallest absolute Gasteiger partial charge is 0.270 e. The van der Waals surface area contributed by atoms with Crippen molar-refractivity contribution < 1.29 is 14.5 Å². The van der Waals surface area contributed by atoms with Gasteiger partial charge in [-0.2, -0.15) is 5.10 Å². The maximum atomic E-state index is 11.9. The zero-order valence-corrected chi connectivity index (χ0v) is 14.6. The lowest BCUT2D eigenvalue weighted by atomic mass is 10.2. The zero-order chi connectivity index (χ0) is 19.1. The predicted octanol–water partition coefficient (Wildman–Crippen LogP) is 2.78. The van der Waals surface area contributed by atoms with Crippen molar-refractivity contribution in [2.75, 3.05) is 6.54 Å². The Morgan fingerprint density at radius 3 is 2.62 bits per heavy atom. The molecule has 0 aliphatic carbocycles. The van der Waals surface area contributed by atoms with Gasteiger partial charge in [-0.3, -0.25) is 19.7 Å². The van der Waals surface area contributed by atoms with E-state index in [1.807, 2.05) is 0 Å². The molecule has 134 valence electrons. The fourth-order valence-corrected chi connectivity index (χ4v) is 2.14. The molecule has 0 atom stereocenters. The second-order valence-corrected chi connectivity index (χ2v) is 5.77. The van der Waals surface area contributed by atoms with E-state index in [1.165, 1.54) is 42.6 Å². The number of hydrogen-bond acceptors (Lipinski definition) is 5. The minimum absolute atomic E-state index is 0.0887. The third-order valence-electron chi connectivity index (χ3n) is 3.08. The highest BCUT2D eigenvalue weighted by Crippen LogP contribution is 2.22. The van der Waals surface area contributed by atoms with Crippen molar-refractivity contribution in [2.24, 2.45) is 5.10 Å². The lowest BCUT2D eigenvalue weighted by molar-refractivity contribution is -0.384. The van der Waals surface area contributed by atoms with E-state index in [4.69, 9.17) is 23.2 Å². The van der Waals surface area contributed by atoms with Gasteiger partial charge in [0.2, 0.25) is 0 Å². The van der Waals surface area contributed by atoms with Crippen LogP contribution in [0.25, 0.3) is 0 Å². The molecule has 8 nitrogen and oxygen atoms in total. The van der Waals surface area contributed by atoms with Gasteiger partial charge in [0, 0.05) is 23.3 Å². The molecule has 2 rings (SSSR count). The number of nitrogens with one attached hydrogen (secondary N) is 2. The molecule has 0 radical (unpaired) electrons. The summed E-state index contributed by atoms with van der Waals surface area (Å²) in [5.41, 5.74) is 2.82. The zero-order valence-electron chi connectivity index (χ0n) is 13.1. The summed E-state index contributed by atoms with van der Waals surface area (Å²) in [5, 5.41) is 17.3. The number of amides is 2. The molecule has 0 bridgehead atoms. The van der Waals surface area contributed by atoms with Crippen molar-refractivity contribution in [1.82, 2.24) is 10.7 Å². The van der Waals surface area contributed by atoms with Crippen LogP contribution in [0.3, 0.4) is 0 Å². The quantitative estimate of drug-likeness (QED) is 0.445. The Hall–Kier alpha value is -2.97. The Balaban J connectivity index is 1.85. The van der Waals surface area contributed by atoms with E-state index >= 15 is 0 Å². The predicted molar refractivity (Wildman–Crippen MR) is 97.6 cm³/mol. The van der Waals surface area contributed by atoms with Gasteiger partial charge in [0.05, 0.1) is 27.7 Å². The number of hydrogen-bond donors (Lipinski definition) is 2. The maximum absolute atomic E-state index is 11.9. The molecule has 26 heavy (non-hydrogen) atoms. The third kappa shape index (κ3) is 5.54. The van der Waals surface area contributed by atoms with Crippen molar-refractivity contribution in [3.8, 4) is 0 Å². The second-order valence-electron chi connectivity index (χ2n) is 4.96. The van der Waals surface area contributed by atoms with Crippen LogP contribution < -0.4 is 10.7 Å². The van der Waals surface area contributed by atoms with Gasteiger partial charge < -0.3 is 5.32 Å². The number of rotatable bonds is 6. The van der Waals surface area contributed by atoms with Gasteiger partial charge in [0.15, 0.2) is 0 Å². The first kappa shape index (κ1) is 19.4. The molecule has 0 saturated heterocycles. The average Bonchev–Trinajstić information content (AvgIpc) is 2.62. The summed E-state index contributed by atoms with van der Waals surface area (Å²) in [6.07, 6.45) is 1.26. The van der Waals surface area contributed by atoms with Crippen LogP contribution in [0.2, 0.25) is 10.0 Å². The van der Waals surface area contributed by atoms with Crippen molar-refractivity contribution in [1.29, 1.82) is 0 Å². The average molecular weight is 395 g/mol. The van der Waals surface area contributed by atoms with E-state index in [1.54, 1.807) is 6.07 Å². The lowest BCUT2D eigenvalue weighted by Crippen LogP contribution is -2.34. The first-order valence-corrected chi connectivity index (χ1v) is 7.92. The number of carbonyl (C=O) groups excluding carboxylic acids is 2. The van der Waals surface area contributed by atoms with Gasteiger partial charge >= 0.3 is 0 Å². The number of nitro benzene ring substituents is 1. The summed E-state index contributed by atoms with van der Waals surface area (Å²) < 4.78 is 0. The number of hydrazone groups is 1. The molecular formula is C16H12Cl2N4O4. The standard InChI is InChI=1S/C16H12Cl2N4O4/c17-13-5-4-11(7-14(13)18)16(24)19-9-15(23)21-20-8-10-2-1-3-12(6-10)22(25)26/h1-8H,9H2,(H,19,24)(H,21,23)/b20-8-. The lowest BCUT2D eigenvalue weighted by Gasteiger charge is -2.05. The molecule has 10 heteroatoms. The molecular weight excluding hydrogens is 383 g/mol. The van der Waals surface area contributed by atoms with E-state index in [0.29, 0.717) is 10.6 Å². The van der Waals surface area contributed by atoms with E-state index in [2.05, 4.69) is 15.8 Å². The van der Waals surface area contributed by atoms with Crippen molar-refractivity contribution in [3.05, 3.63) is 73.8 Å². The highest BCUT2D eigenvalue weighted by Gasteiger charge is 2.09. The number of nitro groups is 1. The van der Waals surface area contributed by atoms with Crippen molar-refractivity contribution in [2.45, 2.75) is 0 Å². The van der Waals surface area contributed by atoms with Crippen LogP contribution in [-0.4, -0.2) is 29.5 Å². The number of carbonyl (C=O) groups is 2. The number of nitrogens with zero attached hydrogens (tertiary/aromatic N) is 2. The Labute approximate surface area is 157 Å². The van der Waals surface area contributed by atoms with E-state index < -0.39 is 16.7 Å². The Bertz CT molecular complexity index is 886. The first-order chi connectivity index (χ1) is 12.4. The highest BCUT2D eigenvalue weighted by atomic mass is 35.5. The Morgan fingerprint density at radius 1 is 1.15 bits per heavy atom.